The molecule has 1 unspecified atom stereocenters. The number of anilines is 1. The van der Waals surface area contributed by atoms with Gasteiger partial charge in [-0.1, -0.05) is 6.07 Å². The Bertz CT molecular complexity index is 722. The molecule has 0 aliphatic heterocycles. The summed E-state index contributed by atoms with van der Waals surface area (Å²) in [6.45, 7) is 0. The predicted octanol–water partition coefficient (Wildman–Crippen LogP) is 2.77. The second-order valence-corrected chi connectivity index (χ2v) is 5.01. The van der Waals surface area contributed by atoms with Gasteiger partial charge in [0, 0.05) is 10.9 Å². The molecule has 2 aromatic rings. The van der Waals surface area contributed by atoms with Crippen LogP contribution in [0.15, 0.2) is 35.7 Å². The van der Waals surface area contributed by atoms with Crippen LogP contribution in [-0.2, 0) is 4.79 Å². The zero-order valence-electron chi connectivity index (χ0n) is 10.5. The van der Waals surface area contributed by atoms with E-state index in [1.54, 1.807) is 23.6 Å². The largest absolute Gasteiger partial charge is 0.479 e. The van der Waals surface area contributed by atoms with Crippen molar-refractivity contribution in [2.45, 2.75) is 6.04 Å². The van der Waals surface area contributed by atoms with Gasteiger partial charge in [0.2, 0.25) is 0 Å². The number of hydrogen-bond acceptors (Lipinski definition) is 6. The number of nitriles is 1. The molecule has 0 bridgehead atoms. The minimum absolute atomic E-state index is 0.0554. The molecule has 0 fully saturated rings. The Balaban J connectivity index is 2.40. The van der Waals surface area contributed by atoms with Gasteiger partial charge in [0.15, 0.2) is 6.04 Å². The molecule has 106 valence electrons. The van der Waals surface area contributed by atoms with Crippen molar-refractivity contribution in [3.63, 3.8) is 0 Å². The molecule has 2 rings (SSSR count). The molecule has 7 nitrogen and oxygen atoms in total. The zero-order chi connectivity index (χ0) is 15.4. The molecule has 1 aromatic carbocycles. The molecule has 0 saturated carbocycles. The van der Waals surface area contributed by atoms with Crippen LogP contribution < -0.4 is 5.32 Å². The standard InChI is InChI=1S/C13H9N3O4S/c14-7-8-3-4-9(10(6-8)16(19)20)15-12(13(17)18)11-2-1-5-21-11/h1-6,12,15H,(H,17,18). The van der Waals surface area contributed by atoms with Gasteiger partial charge >= 0.3 is 5.97 Å². The number of thiophene rings is 1. The Morgan fingerprint density at radius 1 is 1.48 bits per heavy atom. The number of nitrogens with one attached hydrogen (secondary N) is 1. The maximum atomic E-state index is 11.3. The zero-order valence-corrected chi connectivity index (χ0v) is 11.3. The van der Waals surface area contributed by atoms with Crippen LogP contribution in [0.4, 0.5) is 11.4 Å². The Hall–Kier alpha value is -2.92. The van der Waals surface area contributed by atoms with Crippen LogP contribution in [0.25, 0.3) is 0 Å². The number of nitro benzene ring substituents is 1. The van der Waals surface area contributed by atoms with Crippen molar-refractivity contribution in [1.29, 1.82) is 5.26 Å². The second-order valence-electron chi connectivity index (χ2n) is 4.03. The van der Waals surface area contributed by atoms with Gasteiger partial charge in [0.05, 0.1) is 16.6 Å². The van der Waals surface area contributed by atoms with Crippen molar-refractivity contribution in [1.82, 2.24) is 0 Å². The van der Waals surface area contributed by atoms with Gasteiger partial charge in [-0.3, -0.25) is 10.1 Å². The summed E-state index contributed by atoms with van der Waals surface area (Å²) < 4.78 is 0. The number of benzene rings is 1. The first-order valence-electron chi connectivity index (χ1n) is 5.74. The predicted molar refractivity (Wildman–Crippen MR) is 76.1 cm³/mol. The molecule has 2 N–H and O–H groups in total. The molecule has 1 atom stereocenters. The molecule has 21 heavy (non-hydrogen) atoms. The van der Waals surface area contributed by atoms with Crippen molar-refractivity contribution >= 4 is 28.7 Å². The lowest BCUT2D eigenvalue weighted by atomic mass is 10.1. The highest BCUT2D eigenvalue weighted by molar-refractivity contribution is 7.10. The molecule has 0 aliphatic rings. The van der Waals surface area contributed by atoms with Gasteiger partial charge in [0.25, 0.3) is 5.69 Å². The molecular formula is C13H9N3O4S. The van der Waals surface area contributed by atoms with Crippen LogP contribution in [0.3, 0.4) is 0 Å². The molecule has 8 heteroatoms. The lowest BCUT2D eigenvalue weighted by molar-refractivity contribution is -0.384. The van der Waals surface area contributed by atoms with Crippen molar-refractivity contribution < 1.29 is 14.8 Å². The van der Waals surface area contributed by atoms with Crippen molar-refractivity contribution in [3.05, 3.63) is 56.3 Å². The highest BCUT2D eigenvalue weighted by Gasteiger charge is 2.24. The summed E-state index contributed by atoms with van der Waals surface area (Å²) in [5, 5.41) is 33.4. The summed E-state index contributed by atoms with van der Waals surface area (Å²) in [5.74, 6) is -1.14. The van der Waals surface area contributed by atoms with Gasteiger partial charge in [-0.2, -0.15) is 5.26 Å². The summed E-state index contributed by atoms with van der Waals surface area (Å²) in [6, 6.07) is 7.88. The number of nitro groups is 1. The number of carboxylic acid groups (broad SMARTS) is 1. The van der Waals surface area contributed by atoms with Gasteiger partial charge in [-0.15, -0.1) is 11.3 Å². The maximum absolute atomic E-state index is 11.3. The van der Waals surface area contributed by atoms with E-state index >= 15 is 0 Å². The fourth-order valence-corrected chi connectivity index (χ4v) is 2.51. The highest BCUT2D eigenvalue weighted by atomic mass is 32.1. The SMILES string of the molecule is N#Cc1ccc(NC(C(=O)O)c2cccs2)c([N+](=O)[O-])c1. The summed E-state index contributed by atoms with van der Waals surface area (Å²) in [7, 11) is 0. The van der Waals surface area contributed by atoms with Crippen molar-refractivity contribution in [3.8, 4) is 6.07 Å². The number of aliphatic carboxylic acids is 1. The minimum atomic E-state index is -1.14. The lowest BCUT2D eigenvalue weighted by Crippen LogP contribution is -2.20. The summed E-state index contributed by atoms with van der Waals surface area (Å²) in [4.78, 5) is 22.2. The third-order valence-corrected chi connectivity index (χ3v) is 3.64. The van der Waals surface area contributed by atoms with Crippen LogP contribution >= 0.6 is 11.3 Å². The van der Waals surface area contributed by atoms with E-state index < -0.39 is 16.9 Å². The molecule has 1 heterocycles. The third kappa shape index (κ3) is 3.16. The molecular weight excluding hydrogens is 294 g/mol. The summed E-state index contributed by atoms with van der Waals surface area (Å²) in [5.41, 5.74) is -0.146. The van der Waals surface area contributed by atoms with Gasteiger partial charge in [-0.25, -0.2) is 4.79 Å². The molecule has 0 aliphatic carbocycles. The van der Waals surface area contributed by atoms with E-state index in [9.17, 15) is 20.0 Å². The molecule has 0 spiro atoms. The minimum Gasteiger partial charge on any atom is -0.479 e. The van der Waals surface area contributed by atoms with E-state index in [0.29, 0.717) is 4.88 Å². The van der Waals surface area contributed by atoms with Gasteiger partial charge in [0.1, 0.15) is 5.69 Å². The molecule has 1 aromatic heterocycles. The van der Waals surface area contributed by atoms with E-state index in [0.717, 1.165) is 6.07 Å². The van der Waals surface area contributed by atoms with E-state index in [-0.39, 0.29) is 16.9 Å². The Labute approximate surface area is 123 Å². The second kappa shape index (κ2) is 6.02. The molecule has 0 amide bonds. The first-order valence-corrected chi connectivity index (χ1v) is 6.62. The normalized spacial score (nSPS) is 11.4. The monoisotopic (exact) mass is 303 g/mol. The number of nitrogens with zero attached hydrogens (tertiary/aromatic N) is 2. The average Bonchev–Trinajstić information content (AvgIpc) is 2.98. The van der Waals surface area contributed by atoms with Crippen LogP contribution in [0, 0.1) is 21.4 Å². The molecule has 0 saturated heterocycles. The number of carboxylic acids is 1. The third-order valence-electron chi connectivity index (χ3n) is 2.70. The van der Waals surface area contributed by atoms with Crippen LogP contribution in [0.2, 0.25) is 0 Å². The smallest absolute Gasteiger partial charge is 0.331 e. The van der Waals surface area contributed by atoms with Crippen LogP contribution in [-0.4, -0.2) is 16.0 Å². The first-order chi connectivity index (χ1) is 10.0. The maximum Gasteiger partial charge on any atom is 0.331 e. The Kier molecular flexibility index (Phi) is 4.15. The average molecular weight is 303 g/mol. The Morgan fingerprint density at radius 3 is 2.76 bits per heavy atom. The summed E-state index contributed by atoms with van der Waals surface area (Å²) >= 11 is 1.23. The Morgan fingerprint density at radius 2 is 2.24 bits per heavy atom. The van der Waals surface area contributed by atoms with E-state index in [1.807, 2.05) is 0 Å². The fourth-order valence-electron chi connectivity index (χ4n) is 1.74. The first kappa shape index (κ1) is 14.5. The number of rotatable bonds is 5. The quantitative estimate of drug-likeness (QED) is 0.648. The number of hydrogen-bond donors (Lipinski definition) is 2. The van der Waals surface area contributed by atoms with Crippen molar-refractivity contribution in [2.75, 3.05) is 5.32 Å². The van der Waals surface area contributed by atoms with E-state index in [2.05, 4.69) is 5.32 Å². The van der Waals surface area contributed by atoms with Crippen LogP contribution in [0.1, 0.15) is 16.5 Å². The highest BCUT2D eigenvalue weighted by Crippen LogP contribution is 2.30. The number of carbonyl (C=O) groups is 1. The van der Waals surface area contributed by atoms with Crippen molar-refractivity contribution in [2.24, 2.45) is 0 Å². The van der Waals surface area contributed by atoms with E-state index in [1.165, 1.54) is 23.5 Å². The topological polar surface area (TPSA) is 116 Å². The summed E-state index contributed by atoms with van der Waals surface area (Å²) in [6.07, 6.45) is 0. The lowest BCUT2D eigenvalue weighted by Gasteiger charge is -2.14. The van der Waals surface area contributed by atoms with Gasteiger partial charge in [-0.05, 0) is 23.6 Å². The fraction of sp³-hybridized carbons (Fsp3) is 0.0769. The van der Waals surface area contributed by atoms with E-state index in [4.69, 9.17) is 5.26 Å². The van der Waals surface area contributed by atoms with Gasteiger partial charge < -0.3 is 10.4 Å². The molecule has 0 radical (unpaired) electrons. The van der Waals surface area contributed by atoms with Crippen LogP contribution in [0.5, 0.6) is 0 Å².